The number of aromatic amines is 1. The Morgan fingerprint density at radius 1 is 1.20 bits per heavy atom. The lowest BCUT2D eigenvalue weighted by Gasteiger charge is -2.09. The van der Waals surface area contributed by atoms with E-state index in [9.17, 15) is 14.4 Å². The number of fused-ring (bicyclic) bond motifs is 1. The summed E-state index contributed by atoms with van der Waals surface area (Å²) < 4.78 is 6.78. The molecule has 1 aromatic carbocycles. The van der Waals surface area contributed by atoms with Crippen LogP contribution in [0, 0.1) is 0 Å². The van der Waals surface area contributed by atoms with E-state index in [0.29, 0.717) is 42.0 Å². The summed E-state index contributed by atoms with van der Waals surface area (Å²) in [5.41, 5.74) is 1.50. The number of hydrogen-bond acceptors (Lipinski definition) is 6. The summed E-state index contributed by atoms with van der Waals surface area (Å²) in [6.07, 6.45) is 4.18. The molecule has 0 saturated carbocycles. The summed E-state index contributed by atoms with van der Waals surface area (Å²) in [6.45, 7) is 4.49. The Morgan fingerprint density at radius 2 is 1.97 bits per heavy atom. The number of carbonyl (C=O) groups is 2. The minimum absolute atomic E-state index is 0.188. The van der Waals surface area contributed by atoms with E-state index in [-0.39, 0.29) is 17.9 Å². The van der Waals surface area contributed by atoms with Crippen LogP contribution in [0.15, 0.2) is 35.4 Å². The Morgan fingerprint density at radius 3 is 2.67 bits per heavy atom. The van der Waals surface area contributed by atoms with E-state index in [1.165, 1.54) is 6.33 Å². The van der Waals surface area contributed by atoms with Crippen LogP contribution in [0.2, 0.25) is 0 Å². The number of amides is 1. The lowest BCUT2D eigenvalue weighted by Crippen LogP contribution is -2.16. The van der Waals surface area contributed by atoms with Crippen LogP contribution in [0.25, 0.3) is 11.2 Å². The van der Waals surface area contributed by atoms with Gasteiger partial charge in [0.15, 0.2) is 11.2 Å². The molecule has 158 valence electrons. The smallest absolute Gasteiger partial charge is 0.338 e. The lowest BCUT2D eigenvalue weighted by molar-refractivity contribution is -0.116. The van der Waals surface area contributed by atoms with Crippen molar-refractivity contribution in [2.45, 2.75) is 46.1 Å². The number of ether oxygens (including phenoxy) is 1. The second-order valence-electron chi connectivity index (χ2n) is 6.78. The maximum Gasteiger partial charge on any atom is 0.338 e. The minimum Gasteiger partial charge on any atom is -0.462 e. The van der Waals surface area contributed by atoms with Crippen LogP contribution in [0.4, 0.5) is 5.69 Å². The first-order valence-electron chi connectivity index (χ1n) is 10.0. The summed E-state index contributed by atoms with van der Waals surface area (Å²) >= 11 is 0. The van der Waals surface area contributed by atoms with Gasteiger partial charge in [-0.2, -0.15) is 0 Å². The van der Waals surface area contributed by atoms with Gasteiger partial charge in [0, 0.05) is 25.1 Å². The van der Waals surface area contributed by atoms with Crippen LogP contribution in [-0.4, -0.2) is 38.0 Å². The van der Waals surface area contributed by atoms with Gasteiger partial charge in [-0.05, 0) is 37.6 Å². The largest absolute Gasteiger partial charge is 0.462 e. The average molecular weight is 411 g/mol. The molecule has 0 aliphatic rings. The number of rotatable bonds is 9. The van der Waals surface area contributed by atoms with Crippen molar-refractivity contribution in [1.29, 1.82) is 0 Å². The molecule has 9 heteroatoms. The Bertz CT molecular complexity index is 1080. The Hall–Kier alpha value is -3.49. The molecule has 0 radical (unpaired) electrons. The van der Waals surface area contributed by atoms with Crippen molar-refractivity contribution in [1.82, 2.24) is 19.5 Å². The summed E-state index contributed by atoms with van der Waals surface area (Å²) in [7, 11) is 0. The molecule has 2 N–H and O–H groups in total. The monoisotopic (exact) mass is 411 g/mol. The predicted molar refractivity (Wildman–Crippen MR) is 112 cm³/mol. The van der Waals surface area contributed by atoms with E-state index in [1.54, 1.807) is 31.2 Å². The van der Waals surface area contributed by atoms with Crippen molar-refractivity contribution in [2.75, 3.05) is 11.9 Å². The van der Waals surface area contributed by atoms with Crippen LogP contribution < -0.4 is 10.9 Å². The minimum atomic E-state index is -0.399. The fraction of sp³-hybridized carbons (Fsp3) is 0.381. The number of anilines is 1. The van der Waals surface area contributed by atoms with Crippen molar-refractivity contribution in [3.63, 3.8) is 0 Å². The van der Waals surface area contributed by atoms with Crippen molar-refractivity contribution >= 4 is 28.7 Å². The van der Waals surface area contributed by atoms with Gasteiger partial charge in [-0.3, -0.25) is 9.59 Å². The highest BCUT2D eigenvalue weighted by atomic mass is 16.5. The van der Waals surface area contributed by atoms with Gasteiger partial charge in [-0.25, -0.2) is 14.8 Å². The number of hydrogen-bond donors (Lipinski definition) is 2. The third-order valence-electron chi connectivity index (χ3n) is 4.61. The second kappa shape index (κ2) is 9.82. The molecule has 9 nitrogen and oxygen atoms in total. The Labute approximate surface area is 173 Å². The van der Waals surface area contributed by atoms with Crippen molar-refractivity contribution < 1.29 is 14.3 Å². The standard InChI is InChI=1S/C21H25N5O4/c1-3-5-6-16-25-18-19(22-13-23-20(18)28)26(16)12-11-17(27)24-15-9-7-14(8-10-15)21(29)30-4-2/h7-10,13H,3-6,11-12H2,1-2H3,(H,24,27)(H,22,23,28). The first-order valence-corrected chi connectivity index (χ1v) is 10.0. The number of benzene rings is 1. The van der Waals surface area contributed by atoms with Gasteiger partial charge < -0.3 is 19.6 Å². The summed E-state index contributed by atoms with van der Waals surface area (Å²) in [4.78, 5) is 47.4. The van der Waals surface area contributed by atoms with E-state index < -0.39 is 5.97 Å². The molecule has 0 spiro atoms. The van der Waals surface area contributed by atoms with E-state index in [0.717, 1.165) is 18.7 Å². The van der Waals surface area contributed by atoms with Crippen molar-refractivity contribution in [3.8, 4) is 0 Å². The second-order valence-corrected chi connectivity index (χ2v) is 6.78. The number of carbonyl (C=O) groups excluding carboxylic acids is 2. The average Bonchev–Trinajstić information content (AvgIpc) is 3.10. The van der Waals surface area contributed by atoms with Crippen LogP contribution >= 0.6 is 0 Å². The number of unbranched alkanes of at least 4 members (excludes halogenated alkanes) is 1. The summed E-state index contributed by atoms with van der Waals surface area (Å²) in [5.74, 6) is 0.166. The zero-order chi connectivity index (χ0) is 21.5. The molecule has 3 aromatic rings. The summed E-state index contributed by atoms with van der Waals surface area (Å²) in [5, 5.41) is 2.81. The molecule has 0 aliphatic carbocycles. The lowest BCUT2D eigenvalue weighted by atomic mass is 10.2. The van der Waals surface area contributed by atoms with Gasteiger partial charge in [0.05, 0.1) is 18.5 Å². The van der Waals surface area contributed by atoms with Gasteiger partial charge in [-0.15, -0.1) is 0 Å². The van der Waals surface area contributed by atoms with Crippen LogP contribution in [0.3, 0.4) is 0 Å². The molecular formula is C21H25N5O4. The number of aromatic nitrogens is 4. The third kappa shape index (κ3) is 4.91. The highest BCUT2D eigenvalue weighted by Gasteiger charge is 2.15. The zero-order valence-corrected chi connectivity index (χ0v) is 17.1. The number of nitrogens with zero attached hydrogens (tertiary/aromatic N) is 3. The third-order valence-corrected chi connectivity index (χ3v) is 4.61. The van der Waals surface area contributed by atoms with E-state index >= 15 is 0 Å². The molecule has 0 saturated heterocycles. The van der Waals surface area contributed by atoms with Gasteiger partial charge >= 0.3 is 5.97 Å². The topological polar surface area (TPSA) is 119 Å². The number of aryl methyl sites for hydroxylation is 2. The maximum atomic E-state index is 12.4. The molecule has 0 aliphatic heterocycles. The predicted octanol–water partition coefficient (Wildman–Crippen LogP) is 2.67. The molecule has 0 bridgehead atoms. The van der Waals surface area contributed by atoms with Gasteiger partial charge in [0.1, 0.15) is 5.82 Å². The first kappa shape index (κ1) is 21.2. The van der Waals surface area contributed by atoms with Gasteiger partial charge in [-0.1, -0.05) is 13.3 Å². The summed E-state index contributed by atoms with van der Waals surface area (Å²) in [6, 6.07) is 6.53. The number of nitrogens with one attached hydrogen (secondary N) is 2. The number of esters is 1. The fourth-order valence-corrected chi connectivity index (χ4v) is 3.09. The van der Waals surface area contributed by atoms with Gasteiger partial charge in [0.25, 0.3) is 5.56 Å². The molecule has 0 atom stereocenters. The van der Waals surface area contributed by atoms with Crippen molar-refractivity contribution in [2.24, 2.45) is 0 Å². The zero-order valence-electron chi connectivity index (χ0n) is 17.1. The molecular weight excluding hydrogens is 386 g/mol. The van der Waals surface area contributed by atoms with E-state index in [2.05, 4.69) is 27.2 Å². The Balaban J connectivity index is 1.68. The first-order chi connectivity index (χ1) is 14.5. The molecule has 2 aromatic heterocycles. The van der Waals surface area contributed by atoms with Gasteiger partial charge in [0.2, 0.25) is 5.91 Å². The van der Waals surface area contributed by atoms with E-state index in [4.69, 9.17) is 4.74 Å². The fourth-order valence-electron chi connectivity index (χ4n) is 3.09. The molecule has 2 heterocycles. The molecule has 0 unspecified atom stereocenters. The molecule has 3 rings (SSSR count). The Kier molecular flexibility index (Phi) is 6.95. The number of imidazole rings is 1. The molecule has 0 fully saturated rings. The molecule has 1 amide bonds. The molecule has 30 heavy (non-hydrogen) atoms. The number of H-pyrrole nitrogens is 1. The van der Waals surface area contributed by atoms with Crippen LogP contribution in [0.1, 0.15) is 49.3 Å². The van der Waals surface area contributed by atoms with E-state index in [1.807, 2.05) is 4.57 Å². The highest BCUT2D eigenvalue weighted by molar-refractivity contribution is 5.93. The van der Waals surface area contributed by atoms with Crippen LogP contribution in [0.5, 0.6) is 0 Å². The van der Waals surface area contributed by atoms with Crippen molar-refractivity contribution in [3.05, 3.63) is 52.3 Å². The van der Waals surface area contributed by atoms with Crippen LogP contribution in [-0.2, 0) is 22.5 Å². The quantitative estimate of drug-likeness (QED) is 0.523. The normalized spacial score (nSPS) is 10.9. The SMILES string of the molecule is CCCCc1nc2c(=O)[nH]cnc2n1CCC(=O)Nc1ccc(C(=O)OCC)cc1. The maximum absolute atomic E-state index is 12.4. The highest BCUT2D eigenvalue weighted by Crippen LogP contribution is 2.15.